The highest BCUT2D eigenvalue weighted by Gasteiger charge is 2.16. The van der Waals surface area contributed by atoms with E-state index in [-0.39, 0.29) is 24.4 Å². The van der Waals surface area contributed by atoms with E-state index in [4.69, 9.17) is 0 Å². The van der Waals surface area contributed by atoms with E-state index in [0.29, 0.717) is 0 Å². The van der Waals surface area contributed by atoms with E-state index in [0.717, 1.165) is 17.7 Å². The van der Waals surface area contributed by atoms with Crippen LogP contribution in [-0.2, 0) is 9.59 Å². The van der Waals surface area contributed by atoms with Gasteiger partial charge in [0, 0.05) is 18.7 Å². The van der Waals surface area contributed by atoms with Gasteiger partial charge in [-0.25, -0.2) is 0 Å². The number of benzene rings is 1. The van der Waals surface area contributed by atoms with Crippen molar-refractivity contribution < 1.29 is 9.59 Å². The lowest BCUT2D eigenvalue weighted by Gasteiger charge is -2.22. The summed E-state index contributed by atoms with van der Waals surface area (Å²) in [4.78, 5) is 25.0. The van der Waals surface area contributed by atoms with Crippen molar-refractivity contribution in [3.8, 4) is 0 Å². The smallest absolute Gasteiger partial charge is 0.240 e. The van der Waals surface area contributed by atoms with Crippen LogP contribution in [0.25, 0.3) is 0 Å². The van der Waals surface area contributed by atoms with Gasteiger partial charge in [0.2, 0.25) is 11.8 Å². The topological polar surface area (TPSA) is 49.4 Å². The number of aryl methyl sites for hydroxylation is 1. The van der Waals surface area contributed by atoms with Crippen LogP contribution in [0.1, 0.15) is 32.8 Å². The molecule has 0 saturated heterocycles. The van der Waals surface area contributed by atoms with Gasteiger partial charge in [0.25, 0.3) is 0 Å². The van der Waals surface area contributed by atoms with Gasteiger partial charge in [0.05, 0.1) is 0 Å². The SMILES string of the molecule is CCC(C)NC(=O)CN(C(C)=O)c1ccc(C)cc1. The molecular formula is C15H22N2O2. The van der Waals surface area contributed by atoms with Crippen molar-refractivity contribution in [2.75, 3.05) is 11.4 Å². The van der Waals surface area contributed by atoms with Crippen molar-refractivity contribution in [2.24, 2.45) is 0 Å². The Balaban J connectivity index is 2.76. The molecule has 0 heterocycles. The lowest BCUT2D eigenvalue weighted by Crippen LogP contribution is -2.42. The fourth-order valence-electron chi connectivity index (χ4n) is 1.68. The average molecular weight is 262 g/mol. The predicted molar refractivity (Wildman–Crippen MR) is 77.1 cm³/mol. The molecule has 1 aromatic rings. The number of carbonyl (C=O) groups excluding carboxylic acids is 2. The van der Waals surface area contributed by atoms with E-state index in [2.05, 4.69) is 5.32 Å². The van der Waals surface area contributed by atoms with E-state index in [1.165, 1.54) is 11.8 Å². The number of carbonyl (C=O) groups is 2. The molecule has 2 amide bonds. The molecule has 1 N–H and O–H groups in total. The van der Waals surface area contributed by atoms with Crippen LogP contribution < -0.4 is 10.2 Å². The second-order valence-electron chi connectivity index (χ2n) is 4.82. The largest absolute Gasteiger partial charge is 0.352 e. The number of hydrogen-bond donors (Lipinski definition) is 1. The highest BCUT2D eigenvalue weighted by atomic mass is 16.2. The normalized spacial score (nSPS) is 11.8. The van der Waals surface area contributed by atoms with Crippen LogP contribution in [0.15, 0.2) is 24.3 Å². The van der Waals surface area contributed by atoms with Gasteiger partial charge < -0.3 is 10.2 Å². The molecule has 1 atom stereocenters. The Kier molecular flexibility index (Phi) is 5.55. The molecule has 104 valence electrons. The molecule has 19 heavy (non-hydrogen) atoms. The highest BCUT2D eigenvalue weighted by molar-refractivity contribution is 5.97. The molecule has 0 fully saturated rings. The van der Waals surface area contributed by atoms with E-state index < -0.39 is 0 Å². The van der Waals surface area contributed by atoms with Gasteiger partial charge in [0.15, 0.2) is 0 Å². The molecular weight excluding hydrogens is 240 g/mol. The third-order valence-corrected chi connectivity index (χ3v) is 3.05. The fourth-order valence-corrected chi connectivity index (χ4v) is 1.68. The second kappa shape index (κ2) is 6.92. The molecule has 0 saturated carbocycles. The van der Waals surface area contributed by atoms with E-state index in [1.54, 1.807) is 0 Å². The van der Waals surface area contributed by atoms with Gasteiger partial charge in [-0.1, -0.05) is 24.6 Å². The molecule has 0 spiro atoms. The van der Waals surface area contributed by atoms with Crippen LogP contribution in [0, 0.1) is 6.92 Å². The standard InChI is InChI=1S/C15H22N2O2/c1-5-12(3)16-15(19)10-17(13(4)18)14-8-6-11(2)7-9-14/h6-9,12H,5,10H2,1-4H3,(H,16,19). The van der Waals surface area contributed by atoms with E-state index >= 15 is 0 Å². The number of anilines is 1. The summed E-state index contributed by atoms with van der Waals surface area (Å²) < 4.78 is 0. The van der Waals surface area contributed by atoms with Crippen LogP contribution >= 0.6 is 0 Å². The molecule has 4 nitrogen and oxygen atoms in total. The lowest BCUT2D eigenvalue weighted by atomic mass is 10.2. The summed E-state index contributed by atoms with van der Waals surface area (Å²) in [5, 5.41) is 2.86. The molecule has 1 rings (SSSR count). The van der Waals surface area contributed by atoms with Crippen LogP contribution in [0.4, 0.5) is 5.69 Å². The third-order valence-electron chi connectivity index (χ3n) is 3.05. The summed E-state index contributed by atoms with van der Waals surface area (Å²) in [6, 6.07) is 7.69. The van der Waals surface area contributed by atoms with Gasteiger partial charge in [-0.2, -0.15) is 0 Å². The quantitative estimate of drug-likeness (QED) is 0.885. The Morgan fingerprint density at radius 2 is 1.84 bits per heavy atom. The van der Waals surface area contributed by atoms with Crippen molar-refractivity contribution in [1.82, 2.24) is 5.32 Å². The third kappa shape index (κ3) is 4.73. The molecule has 0 aliphatic rings. The molecule has 0 bridgehead atoms. The molecule has 4 heteroatoms. The highest BCUT2D eigenvalue weighted by Crippen LogP contribution is 2.15. The van der Waals surface area contributed by atoms with Gasteiger partial charge in [-0.3, -0.25) is 9.59 Å². The minimum absolute atomic E-state index is 0.0583. The maximum absolute atomic E-state index is 11.9. The van der Waals surface area contributed by atoms with Gasteiger partial charge in [-0.05, 0) is 32.4 Å². The summed E-state index contributed by atoms with van der Waals surface area (Å²) in [5.41, 5.74) is 1.87. The Hall–Kier alpha value is -1.84. The van der Waals surface area contributed by atoms with Crippen LogP contribution in [-0.4, -0.2) is 24.4 Å². The second-order valence-corrected chi connectivity index (χ2v) is 4.82. The summed E-state index contributed by atoms with van der Waals surface area (Å²) in [6.07, 6.45) is 0.871. The first-order valence-corrected chi connectivity index (χ1v) is 6.58. The average Bonchev–Trinajstić information content (AvgIpc) is 2.36. The summed E-state index contributed by atoms with van der Waals surface area (Å²) in [5.74, 6) is -0.270. The van der Waals surface area contributed by atoms with Crippen LogP contribution in [0.3, 0.4) is 0 Å². The number of hydrogen-bond acceptors (Lipinski definition) is 2. The monoisotopic (exact) mass is 262 g/mol. The molecule has 0 radical (unpaired) electrons. The van der Waals surface area contributed by atoms with Crippen molar-refractivity contribution in [1.29, 1.82) is 0 Å². The fraction of sp³-hybridized carbons (Fsp3) is 0.467. The van der Waals surface area contributed by atoms with Crippen LogP contribution in [0.5, 0.6) is 0 Å². The predicted octanol–water partition coefficient (Wildman–Crippen LogP) is 2.26. The zero-order valence-electron chi connectivity index (χ0n) is 12.1. The Labute approximate surface area is 114 Å². The van der Waals surface area contributed by atoms with Crippen molar-refractivity contribution >= 4 is 17.5 Å². The summed E-state index contributed by atoms with van der Waals surface area (Å²) in [6.45, 7) is 7.46. The van der Waals surface area contributed by atoms with Gasteiger partial charge in [0.1, 0.15) is 6.54 Å². The number of amides is 2. The van der Waals surface area contributed by atoms with Crippen molar-refractivity contribution in [3.05, 3.63) is 29.8 Å². The number of nitrogens with one attached hydrogen (secondary N) is 1. The molecule has 1 unspecified atom stereocenters. The minimum Gasteiger partial charge on any atom is -0.352 e. The molecule has 0 aromatic heterocycles. The van der Waals surface area contributed by atoms with E-state index in [1.807, 2.05) is 45.0 Å². The van der Waals surface area contributed by atoms with Gasteiger partial charge >= 0.3 is 0 Å². The summed E-state index contributed by atoms with van der Waals surface area (Å²) in [7, 11) is 0. The Morgan fingerprint density at radius 1 is 1.26 bits per heavy atom. The minimum atomic E-state index is -0.136. The number of rotatable bonds is 5. The Bertz CT molecular complexity index is 440. The molecule has 0 aliphatic heterocycles. The van der Waals surface area contributed by atoms with Crippen molar-refractivity contribution in [2.45, 2.75) is 40.2 Å². The van der Waals surface area contributed by atoms with Gasteiger partial charge in [-0.15, -0.1) is 0 Å². The first kappa shape index (κ1) is 15.2. The maximum Gasteiger partial charge on any atom is 0.240 e. The van der Waals surface area contributed by atoms with E-state index in [9.17, 15) is 9.59 Å². The number of nitrogens with zero attached hydrogens (tertiary/aromatic N) is 1. The summed E-state index contributed by atoms with van der Waals surface area (Å²) >= 11 is 0. The maximum atomic E-state index is 11.9. The first-order chi connectivity index (χ1) is 8.93. The molecule has 0 aliphatic carbocycles. The zero-order valence-corrected chi connectivity index (χ0v) is 12.1. The zero-order chi connectivity index (χ0) is 14.4. The first-order valence-electron chi connectivity index (χ1n) is 6.58. The van der Waals surface area contributed by atoms with Crippen LogP contribution in [0.2, 0.25) is 0 Å². The molecule has 1 aromatic carbocycles. The van der Waals surface area contributed by atoms with Crippen molar-refractivity contribution in [3.63, 3.8) is 0 Å². The lowest BCUT2D eigenvalue weighted by molar-refractivity contribution is -0.123. The Morgan fingerprint density at radius 3 is 2.32 bits per heavy atom.